The molecule has 2 atom stereocenters. The van der Waals surface area contributed by atoms with Gasteiger partial charge in [-0.1, -0.05) is 0 Å². The Bertz CT molecular complexity index is 727. The second-order valence-corrected chi connectivity index (χ2v) is 5.90. The number of aromatic nitrogens is 2. The number of benzene rings is 1. The van der Waals surface area contributed by atoms with Gasteiger partial charge in [0, 0.05) is 13.1 Å². The first-order valence-electron chi connectivity index (χ1n) is 7.93. The summed E-state index contributed by atoms with van der Waals surface area (Å²) in [5.41, 5.74) is 0.701. The Labute approximate surface area is 141 Å². The lowest BCUT2D eigenvalue weighted by Gasteiger charge is -2.36. The second kappa shape index (κ2) is 6.68. The summed E-state index contributed by atoms with van der Waals surface area (Å²) in [5, 5.41) is 0.869. The first-order chi connectivity index (χ1) is 11.6. The van der Waals surface area contributed by atoms with E-state index in [0.717, 1.165) is 24.3 Å². The number of fused-ring (bicyclic) bond motifs is 1. The smallest absolute Gasteiger partial charge is 0.205 e. The van der Waals surface area contributed by atoms with Gasteiger partial charge >= 0.3 is 0 Å². The molecule has 7 heteroatoms. The molecule has 0 amide bonds. The lowest BCUT2D eigenvalue weighted by atomic mass is 10.1. The molecule has 3 rings (SSSR count). The lowest BCUT2D eigenvalue weighted by molar-refractivity contribution is -0.00537. The topological polar surface area (TPSA) is 65.9 Å². The molecular formula is C17H23N3O4. The van der Waals surface area contributed by atoms with Gasteiger partial charge in [-0.05, 0) is 19.9 Å². The Balaban J connectivity index is 2.19. The van der Waals surface area contributed by atoms with E-state index in [-0.39, 0.29) is 12.2 Å². The monoisotopic (exact) mass is 333 g/mol. The summed E-state index contributed by atoms with van der Waals surface area (Å²) >= 11 is 0. The molecule has 2 aromatic rings. The molecule has 1 aromatic heterocycles. The fraction of sp³-hybridized carbons (Fsp3) is 0.529. The van der Waals surface area contributed by atoms with Crippen LogP contribution in [0.1, 0.15) is 13.8 Å². The highest BCUT2D eigenvalue weighted by Crippen LogP contribution is 2.44. The molecular weight excluding hydrogens is 310 g/mol. The third-order valence-corrected chi connectivity index (χ3v) is 4.13. The van der Waals surface area contributed by atoms with Crippen LogP contribution in [0.5, 0.6) is 17.2 Å². The number of morpholine rings is 1. The van der Waals surface area contributed by atoms with Gasteiger partial charge in [0.15, 0.2) is 11.5 Å². The maximum atomic E-state index is 5.82. The van der Waals surface area contributed by atoms with E-state index in [9.17, 15) is 0 Å². The summed E-state index contributed by atoms with van der Waals surface area (Å²) in [6.45, 7) is 5.67. The van der Waals surface area contributed by atoms with E-state index in [1.165, 1.54) is 0 Å². The lowest BCUT2D eigenvalue weighted by Crippen LogP contribution is -2.45. The van der Waals surface area contributed by atoms with Gasteiger partial charge in [-0.15, -0.1) is 0 Å². The van der Waals surface area contributed by atoms with Crippen molar-refractivity contribution in [3.63, 3.8) is 0 Å². The fourth-order valence-electron chi connectivity index (χ4n) is 3.25. The van der Waals surface area contributed by atoms with Crippen molar-refractivity contribution in [2.24, 2.45) is 0 Å². The number of nitrogens with zero attached hydrogens (tertiary/aromatic N) is 3. The zero-order valence-corrected chi connectivity index (χ0v) is 14.7. The van der Waals surface area contributed by atoms with E-state index < -0.39 is 0 Å². The molecule has 1 aliphatic rings. The number of anilines is 1. The molecule has 1 aliphatic heterocycles. The molecule has 0 spiro atoms. The number of hydrogen-bond donors (Lipinski definition) is 0. The second-order valence-electron chi connectivity index (χ2n) is 5.90. The van der Waals surface area contributed by atoms with Crippen molar-refractivity contribution in [3.05, 3.63) is 12.4 Å². The van der Waals surface area contributed by atoms with Crippen molar-refractivity contribution in [2.75, 3.05) is 39.3 Å². The van der Waals surface area contributed by atoms with Crippen LogP contribution in [0.3, 0.4) is 0 Å². The number of rotatable bonds is 4. The summed E-state index contributed by atoms with van der Waals surface area (Å²) in [6.07, 6.45) is 1.83. The highest BCUT2D eigenvalue weighted by atomic mass is 16.5. The number of hydrogen-bond acceptors (Lipinski definition) is 7. The van der Waals surface area contributed by atoms with Gasteiger partial charge in [0.25, 0.3) is 0 Å². The summed E-state index contributed by atoms with van der Waals surface area (Å²) in [7, 11) is 4.78. The van der Waals surface area contributed by atoms with Gasteiger partial charge in [0.05, 0.1) is 38.9 Å². The Morgan fingerprint density at radius 1 is 1.00 bits per heavy atom. The molecule has 0 saturated carbocycles. The van der Waals surface area contributed by atoms with E-state index in [1.807, 2.05) is 6.07 Å². The van der Waals surface area contributed by atoms with Gasteiger partial charge in [0.1, 0.15) is 17.7 Å². The normalized spacial score (nSPS) is 21.0. The summed E-state index contributed by atoms with van der Waals surface area (Å²) in [4.78, 5) is 11.1. The maximum Gasteiger partial charge on any atom is 0.205 e. The average molecular weight is 333 g/mol. The highest BCUT2D eigenvalue weighted by molar-refractivity contribution is 5.97. The van der Waals surface area contributed by atoms with Crippen molar-refractivity contribution < 1.29 is 18.9 Å². The Hall–Kier alpha value is -2.28. The first kappa shape index (κ1) is 16.6. The number of ether oxygens (including phenoxy) is 4. The van der Waals surface area contributed by atoms with Crippen molar-refractivity contribution >= 4 is 16.7 Å². The van der Waals surface area contributed by atoms with Crippen molar-refractivity contribution in [3.8, 4) is 17.2 Å². The minimum Gasteiger partial charge on any atom is -0.493 e. The third-order valence-electron chi connectivity index (χ3n) is 4.13. The zero-order valence-electron chi connectivity index (χ0n) is 14.7. The summed E-state index contributed by atoms with van der Waals surface area (Å²) in [5.74, 6) is 2.51. The average Bonchev–Trinajstić information content (AvgIpc) is 2.58. The van der Waals surface area contributed by atoms with Crippen LogP contribution in [0.4, 0.5) is 5.82 Å². The van der Waals surface area contributed by atoms with Gasteiger partial charge in [-0.3, -0.25) is 0 Å². The molecule has 0 aliphatic carbocycles. The van der Waals surface area contributed by atoms with E-state index >= 15 is 0 Å². The van der Waals surface area contributed by atoms with E-state index in [1.54, 1.807) is 27.7 Å². The minimum absolute atomic E-state index is 0.140. The molecule has 7 nitrogen and oxygen atoms in total. The Morgan fingerprint density at radius 2 is 1.67 bits per heavy atom. The van der Waals surface area contributed by atoms with Crippen LogP contribution in [-0.2, 0) is 4.74 Å². The predicted octanol–water partition coefficient (Wildman–Crippen LogP) is 2.27. The number of methoxy groups -OCH3 is 3. The maximum absolute atomic E-state index is 5.82. The molecule has 1 saturated heterocycles. The minimum atomic E-state index is 0.140. The molecule has 2 heterocycles. The van der Waals surface area contributed by atoms with Crippen molar-refractivity contribution in [1.29, 1.82) is 0 Å². The quantitative estimate of drug-likeness (QED) is 0.850. The third kappa shape index (κ3) is 2.80. The van der Waals surface area contributed by atoms with Gasteiger partial charge in [-0.25, -0.2) is 9.97 Å². The van der Waals surface area contributed by atoms with Crippen molar-refractivity contribution in [1.82, 2.24) is 9.97 Å². The molecule has 2 unspecified atom stereocenters. The van der Waals surface area contributed by atoms with Gasteiger partial charge in [-0.2, -0.15) is 0 Å². The van der Waals surface area contributed by atoms with Crippen molar-refractivity contribution in [2.45, 2.75) is 26.1 Å². The summed E-state index contributed by atoms with van der Waals surface area (Å²) < 4.78 is 22.3. The molecule has 1 aromatic carbocycles. The molecule has 0 N–H and O–H groups in total. The highest BCUT2D eigenvalue weighted by Gasteiger charge is 2.26. The molecule has 0 radical (unpaired) electrons. The van der Waals surface area contributed by atoms with Crippen LogP contribution in [0, 0.1) is 0 Å². The Kier molecular flexibility index (Phi) is 4.62. The summed E-state index contributed by atoms with van der Waals surface area (Å²) in [6, 6.07) is 1.90. The molecule has 1 fully saturated rings. The van der Waals surface area contributed by atoms with Gasteiger partial charge < -0.3 is 23.8 Å². The first-order valence-corrected chi connectivity index (χ1v) is 7.93. The van der Waals surface area contributed by atoms with Crippen LogP contribution in [-0.4, -0.2) is 56.6 Å². The largest absolute Gasteiger partial charge is 0.493 e. The van der Waals surface area contributed by atoms with Gasteiger partial charge in [0.2, 0.25) is 5.75 Å². The fourth-order valence-corrected chi connectivity index (χ4v) is 3.25. The van der Waals surface area contributed by atoms with Crippen LogP contribution in [0.15, 0.2) is 12.4 Å². The Morgan fingerprint density at radius 3 is 2.25 bits per heavy atom. The van der Waals surface area contributed by atoms with Crippen LogP contribution >= 0.6 is 0 Å². The standard InChI is InChI=1S/C17H23N3O4/c1-10-7-20(8-11(2)24-10)17-12-6-13(21-3)15(22-4)16(23-5)14(12)18-9-19-17/h6,9-11H,7-8H2,1-5H3. The molecule has 130 valence electrons. The van der Waals surface area contributed by atoms with E-state index in [0.29, 0.717) is 22.8 Å². The SMILES string of the molecule is COc1cc2c(N3CC(C)OC(C)C3)ncnc2c(OC)c1OC. The van der Waals surface area contributed by atoms with Crippen LogP contribution < -0.4 is 19.1 Å². The van der Waals surface area contributed by atoms with Crippen LogP contribution in [0.2, 0.25) is 0 Å². The van der Waals surface area contributed by atoms with Crippen LogP contribution in [0.25, 0.3) is 10.9 Å². The van der Waals surface area contributed by atoms with E-state index in [4.69, 9.17) is 18.9 Å². The molecule has 0 bridgehead atoms. The van der Waals surface area contributed by atoms with E-state index in [2.05, 4.69) is 28.7 Å². The molecule has 24 heavy (non-hydrogen) atoms. The zero-order chi connectivity index (χ0) is 17.3. The predicted molar refractivity (Wildman–Crippen MR) is 91.4 cm³/mol.